The monoisotopic (exact) mass is 258 g/mol. The van der Waals surface area contributed by atoms with E-state index in [-0.39, 0.29) is 11.5 Å². The molecule has 1 atom stereocenters. The first-order chi connectivity index (χ1) is 8.94. The Hall–Kier alpha value is -1.55. The summed E-state index contributed by atoms with van der Waals surface area (Å²) in [4.78, 5) is 0. The topological polar surface area (TPSA) is 48.8 Å². The fourth-order valence-corrected chi connectivity index (χ4v) is 3.19. The van der Waals surface area contributed by atoms with Gasteiger partial charge in [-0.15, -0.1) is 0 Å². The van der Waals surface area contributed by atoms with Crippen LogP contribution in [0.15, 0.2) is 24.7 Å². The summed E-state index contributed by atoms with van der Waals surface area (Å²) in [6.07, 6.45) is 8.33. The van der Waals surface area contributed by atoms with Crippen LogP contribution >= 0.6 is 0 Å². The highest BCUT2D eigenvalue weighted by Gasteiger charge is 2.32. The molecule has 0 saturated carbocycles. The summed E-state index contributed by atoms with van der Waals surface area (Å²) < 4.78 is 4.17. The van der Waals surface area contributed by atoms with Crippen molar-refractivity contribution >= 4 is 0 Å². The highest BCUT2D eigenvalue weighted by molar-refractivity contribution is 5.31. The molecule has 0 radical (unpaired) electrons. The van der Waals surface area contributed by atoms with E-state index in [1.807, 2.05) is 17.9 Å². The van der Waals surface area contributed by atoms with Gasteiger partial charge in [0.05, 0.1) is 12.7 Å². The molecule has 0 saturated heterocycles. The molecule has 0 amide bonds. The Kier molecular flexibility index (Phi) is 2.78. The summed E-state index contributed by atoms with van der Waals surface area (Å²) in [6, 6.07) is 2.36. The minimum atomic E-state index is 0.175. The van der Waals surface area contributed by atoms with Crippen molar-refractivity contribution in [2.24, 2.45) is 18.2 Å². The van der Waals surface area contributed by atoms with E-state index >= 15 is 0 Å². The molecule has 0 aliphatic heterocycles. The van der Waals surface area contributed by atoms with Gasteiger partial charge in [-0.1, -0.05) is 13.8 Å². The molecular weight excluding hydrogens is 236 g/mol. The number of aromatic nitrogens is 3. The average Bonchev–Trinajstić information content (AvgIpc) is 2.86. The summed E-state index contributed by atoms with van der Waals surface area (Å²) >= 11 is 0. The highest BCUT2D eigenvalue weighted by Crippen LogP contribution is 2.40. The van der Waals surface area contributed by atoms with Crippen molar-refractivity contribution in [2.45, 2.75) is 39.3 Å². The molecule has 19 heavy (non-hydrogen) atoms. The van der Waals surface area contributed by atoms with Gasteiger partial charge in [-0.05, 0) is 29.9 Å². The van der Waals surface area contributed by atoms with Crippen molar-refractivity contribution in [2.75, 3.05) is 0 Å². The fraction of sp³-hybridized carbons (Fsp3) is 0.533. The Morgan fingerprint density at radius 2 is 2.26 bits per heavy atom. The van der Waals surface area contributed by atoms with Crippen molar-refractivity contribution in [3.63, 3.8) is 0 Å². The second-order valence-electron chi connectivity index (χ2n) is 6.52. The van der Waals surface area contributed by atoms with Crippen LogP contribution in [0.4, 0.5) is 0 Å². The highest BCUT2D eigenvalue weighted by atomic mass is 15.2. The molecule has 4 nitrogen and oxygen atoms in total. The molecule has 0 bridgehead atoms. The minimum Gasteiger partial charge on any atom is -0.347 e. The maximum Gasteiger partial charge on any atom is 0.0539 e. The lowest BCUT2D eigenvalue weighted by molar-refractivity contribution is 0.276. The third-order valence-corrected chi connectivity index (χ3v) is 4.04. The van der Waals surface area contributed by atoms with E-state index in [0.717, 1.165) is 19.4 Å². The molecule has 4 heteroatoms. The van der Waals surface area contributed by atoms with E-state index in [0.29, 0.717) is 0 Å². The SMILES string of the molecule is Cn1cc(Cn2ccc3c2CC(C)(C)CC3N)cn1. The van der Waals surface area contributed by atoms with Gasteiger partial charge in [0, 0.05) is 36.7 Å². The Labute approximate surface area is 114 Å². The molecule has 1 aliphatic rings. The van der Waals surface area contributed by atoms with Crippen molar-refractivity contribution < 1.29 is 0 Å². The molecule has 3 rings (SSSR count). The van der Waals surface area contributed by atoms with Crippen LogP contribution in [0.25, 0.3) is 0 Å². The van der Waals surface area contributed by atoms with E-state index in [4.69, 9.17) is 5.73 Å². The smallest absolute Gasteiger partial charge is 0.0539 e. The summed E-state index contributed by atoms with van der Waals surface area (Å²) in [6.45, 7) is 5.49. The second-order valence-corrected chi connectivity index (χ2v) is 6.52. The fourth-order valence-electron chi connectivity index (χ4n) is 3.19. The van der Waals surface area contributed by atoms with Crippen LogP contribution in [-0.4, -0.2) is 14.3 Å². The van der Waals surface area contributed by atoms with E-state index in [9.17, 15) is 0 Å². The molecular formula is C15H22N4. The molecule has 2 N–H and O–H groups in total. The number of nitrogens with two attached hydrogens (primary N) is 1. The van der Waals surface area contributed by atoms with Gasteiger partial charge in [-0.25, -0.2) is 0 Å². The van der Waals surface area contributed by atoms with Crippen LogP contribution < -0.4 is 5.73 Å². The number of rotatable bonds is 2. The van der Waals surface area contributed by atoms with Crippen LogP contribution in [0.2, 0.25) is 0 Å². The van der Waals surface area contributed by atoms with Crippen molar-refractivity contribution in [3.8, 4) is 0 Å². The predicted molar refractivity (Wildman–Crippen MR) is 75.8 cm³/mol. The lowest BCUT2D eigenvalue weighted by atomic mass is 9.74. The van der Waals surface area contributed by atoms with Gasteiger partial charge in [-0.2, -0.15) is 5.10 Å². The first-order valence-electron chi connectivity index (χ1n) is 6.86. The molecule has 0 aromatic carbocycles. The van der Waals surface area contributed by atoms with E-state index in [1.165, 1.54) is 16.8 Å². The lowest BCUT2D eigenvalue weighted by Gasteiger charge is -2.34. The largest absolute Gasteiger partial charge is 0.347 e. The van der Waals surface area contributed by atoms with Gasteiger partial charge in [-0.3, -0.25) is 4.68 Å². The quantitative estimate of drug-likeness (QED) is 0.898. The lowest BCUT2D eigenvalue weighted by Crippen LogP contribution is -2.30. The van der Waals surface area contributed by atoms with Crippen LogP contribution in [0.1, 0.15) is 43.1 Å². The van der Waals surface area contributed by atoms with Crippen LogP contribution in [0.3, 0.4) is 0 Å². The summed E-state index contributed by atoms with van der Waals surface area (Å²) in [5.74, 6) is 0. The Morgan fingerprint density at radius 3 is 2.95 bits per heavy atom. The van der Waals surface area contributed by atoms with Crippen molar-refractivity contribution in [1.29, 1.82) is 0 Å². The number of hydrogen-bond donors (Lipinski definition) is 1. The number of fused-ring (bicyclic) bond motifs is 1. The maximum absolute atomic E-state index is 6.30. The Bertz CT molecular complexity index is 591. The van der Waals surface area contributed by atoms with Gasteiger partial charge >= 0.3 is 0 Å². The zero-order valence-electron chi connectivity index (χ0n) is 11.9. The zero-order valence-corrected chi connectivity index (χ0v) is 11.9. The van der Waals surface area contributed by atoms with Crippen LogP contribution in [0.5, 0.6) is 0 Å². The Balaban J connectivity index is 1.92. The molecule has 1 aliphatic carbocycles. The third kappa shape index (κ3) is 2.32. The van der Waals surface area contributed by atoms with Gasteiger partial charge < -0.3 is 10.3 Å². The van der Waals surface area contributed by atoms with E-state index in [1.54, 1.807) is 0 Å². The minimum absolute atomic E-state index is 0.175. The van der Waals surface area contributed by atoms with Crippen molar-refractivity contribution in [1.82, 2.24) is 14.3 Å². The number of aryl methyl sites for hydroxylation is 1. The predicted octanol–water partition coefficient (Wildman–Crippen LogP) is 2.24. The van der Waals surface area contributed by atoms with Crippen LogP contribution in [0, 0.1) is 5.41 Å². The molecule has 0 fully saturated rings. The molecule has 2 heterocycles. The van der Waals surface area contributed by atoms with E-state index < -0.39 is 0 Å². The number of nitrogens with zero attached hydrogens (tertiary/aromatic N) is 3. The second kappa shape index (κ2) is 4.23. The third-order valence-electron chi connectivity index (χ3n) is 4.04. The summed E-state index contributed by atoms with van der Waals surface area (Å²) in [7, 11) is 1.95. The van der Waals surface area contributed by atoms with Crippen LogP contribution in [-0.2, 0) is 20.0 Å². The van der Waals surface area contributed by atoms with Gasteiger partial charge in [0.1, 0.15) is 0 Å². The number of hydrogen-bond acceptors (Lipinski definition) is 2. The van der Waals surface area contributed by atoms with E-state index in [2.05, 4.69) is 42.0 Å². The molecule has 2 aromatic rings. The first-order valence-corrected chi connectivity index (χ1v) is 6.86. The first kappa shape index (κ1) is 12.5. The zero-order chi connectivity index (χ0) is 13.6. The van der Waals surface area contributed by atoms with Gasteiger partial charge in [0.25, 0.3) is 0 Å². The molecule has 0 spiro atoms. The van der Waals surface area contributed by atoms with Gasteiger partial charge in [0.2, 0.25) is 0 Å². The molecule has 102 valence electrons. The maximum atomic E-state index is 6.30. The summed E-state index contributed by atoms with van der Waals surface area (Å²) in [5, 5.41) is 4.23. The molecule has 1 unspecified atom stereocenters. The normalized spacial score (nSPS) is 21.4. The van der Waals surface area contributed by atoms with Gasteiger partial charge in [0.15, 0.2) is 0 Å². The average molecular weight is 258 g/mol. The molecule has 2 aromatic heterocycles. The Morgan fingerprint density at radius 1 is 1.47 bits per heavy atom. The standard InChI is InChI=1S/C15H22N4/c1-15(2)6-13(16)12-4-5-19(14(12)7-15)10-11-8-17-18(3)9-11/h4-5,8-9,13H,6-7,10,16H2,1-3H3. The van der Waals surface area contributed by atoms with Crippen molar-refractivity contribution in [3.05, 3.63) is 41.5 Å². The summed E-state index contributed by atoms with van der Waals surface area (Å²) in [5.41, 5.74) is 10.5.